The highest BCUT2D eigenvalue weighted by atomic mass is 32.2. The Hall–Kier alpha value is -1.23. The molecule has 0 aromatic heterocycles. The largest absolute Gasteiger partial charge is 0.396 e. The molecule has 16 heavy (non-hydrogen) atoms. The molecule has 88 valence electrons. The summed E-state index contributed by atoms with van der Waals surface area (Å²) >= 11 is 1.67. The standard InChI is InChI=1S/C11H15FN2OS/c1-7(16-2)6-14-11(15)8-3-4-9(12)10(13)5-8/h3-5,7H,6,13H2,1-2H3,(H,14,15). The molecule has 0 aliphatic carbocycles. The molecular formula is C11H15FN2OS. The lowest BCUT2D eigenvalue weighted by Crippen LogP contribution is -2.29. The predicted molar refractivity (Wildman–Crippen MR) is 66.1 cm³/mol. The van der Waals surface area contributed by atoms with Gasteiger partial charge < -0.3 is 11.1 Å². The van der Waals surface area contributed by atoms with Crippen LogP contribution in [-0.2, 0) is 0 Å². The van der Waals surface area contributed by atoms with Crippen molar-refractivity contribution >= 4 is 23.4 Å². The molecule has 0 heterocycles. The molecular weight excluding hydrogens is 227 g/mol. The lowest BCUT2D eigenvalue weighted by molar-refractivity contribution is 0.0954. The van der Waals surface area contributed by atoms with Crippen molar-refractivity contribution in [1.82, 2.24) is 5.32 Å². The van der Waals surface area contributed by atoms with Crippen LogP contribution in [0.5, 0.6) is 0 Å². The highest BCUT2D eigenvalue weighted by Crippen LogP contribution is 2.12. The van der Waals surface area contributed by atoms with E-state index >= 15 is 0 Å². The third-order valence-electron chi connectivity index (χ3n) is 2.21. The fraction of sp³-hybridized carbons (Fsp3) is 0.364. The Labute approximate surface area is 98.6 Å². The maximum atomic E-state index is 12.9. The first-order valence-corrected chi connectivity index (χ1v) is 6.19. The molecule has 1 atom stereocenters. The maximum Gasteiger partial charge on any atom is 0.251 e. The van der Waals surface area contributed by atoms with Crippen LogP contribution in [0.15, 0.2) is 18.2 Å². The van der Waals surface area contributed by atoms with E-state index in [9.17, 15) is 9.18 Å². The number of hydrogen-bond acceptors (Lipinski definition) is 3. The minimum Gasteiger partial charge on any atom is -0.396 e. The van der Waals surface area contributed by atoms with Crippen LogP contribution in [0.4, 0.5) is 10.1 Å². The van der Waals surface area contributed by atoms with Gasteiger partial charge in [-0.15, -0.1) is 0 Å². The van der Waals surface area contributed by atoms with Crippen LogP contribution in [0.1, 0.15) is 17.3 Å². The molecule has 0 aliphatic heterocycles. The average Bonchev–Trinajstić information content (AvgIpc) is 2.29. The van der Waals surface area contributed by atoms with Crippen LogP contribution in [-0.4, -0.2) is 24.0 Å². The third-order valence-corrected chi connectivity index (χ3v) is 3.18. The number of hydrogen-bond donors (Lipinski definition) is 2. The first-order chi connectivity index (χ1) is 7.54. The number of carbonyl (C=O) groups excluding carboxylic acids is 1. The van der Waals surface area contributed by atoms with Gasteiger partial charge in [0.05, 0.1) is 5.69 Å². The van der Waals surface area contributed by atoms with Crippen molar-refractivity contribution in [3.63, 3.8) is 0 Å². The molecule has 0 radical (unpaired) electrons. The van der Waals surface area contributed by atoms with Crippen molar-refractivity contribution < 1.29 is 9.18 Å². The van der Waals surface area contributed by atoms with E-state index in [4.69, 9.17) is 5.73 Å². The van der Waals surface area contributed by atoms with Crippen LogP contribution in [0.3, 0.4) is 0 Å². The number of nitrogen functional groups attached to an aromatic ring is 1. The molecule has 3 N–H and O–H groups in total. The van der Waals surface area contributed by atoms with Gasteiger partial charge in [-0.2, -0.15) is 11.8 Å². The highest BCUT2D eigenvalue weighted by Gasteiger charge is 2.08. The Kier molecular flexibility index (Phi) is 4.61. The fourth-order valence-electron chi connectivity index (χ4n) is 1.11. The molecule has 0 spiro atoms. The summed E-state index contributed by atoms with van der Waals surface area (Å²) < 4.78 is 12.9. The van der Waals surface area contributed by atoms with Crippen molar-refractivity contribution in [3.05, 3.63) is 29.6 Å². The number of rotatable bonds is 4. The summed E-state index contributed by atoms with van der Waals surface area (Å²) in [5.74, 6) is -0.735. The second-order valence-electron chi connectivity index (χ2n) is 3.49. The Bertz CT molecular complexity index is 384. The van der Waals surface area contributed by atoms with Gasteiger partial charge in [0.15, 0.2) is 0 Å². The monoisotopic (exact) mass is 242 g/mol. The topological polar surface area (TPSA) is 55.1 Å². The number of thioether (sulfide) groups is 1. The number of anilines is 1. The number of benzene rings is 1. The van der Waals surface area contributed by atoms with Crippen molar-refractivity contribution in [2.75, 3.05) is 18.5 Å². The normalized spacial score (nSPS) is 12.2. The van der Waals surface area contributed by atoms with Gasteiger partial charge in [-0.25, -0.2) is 4.39 Å². The lowest BCUT2D eigenvalue weighted by atomic mass is 10.2. The SMILES string of the molecule is CSC(C)CNC(=O)c1ccc(F)c(N)c1. The summed E-state index contributed by atoms with van der Waals surface area (Å²) in [5.41, 5.74) is 5.75. The molecule has 5 heteroatoms. The Morgan fingerprint density at radius 3 is 2.88 bits per heavy atom. The van der Waals surface area contributed by atoms with Gasteiger partial charge in [0.1, 0.15) is 5.82 Å². The smallest absolute Gasteiger partial charge is 0.251 e. The number of amides is 1. The van der Waals surface area contributed by atoms with Crippen molar-refractivity contribution in [2.45, 2.75) is 12.2 Å². The quantitative estimate of drug-likeness (QED) is 0.793. The number of nitrogens with one attached hydrogen (secondary N) is 1. The fourth-order valence-corrected chi connectivity index (χ4v) is 1.36. The van der Waals surface area contributed by atoms with Gasteiger partial charge in [0.25, 0.3) is 5.91 Å². The van der Waals surface area contributed by atoms with E-state index in [2.05, 4.69) is 5.32 Å². The van der Waals surface area contributed by atoms with Crippen LogP contribution in [0.25, 0.3) is 0 Å². The number of carbonyl (C=O) groups is 1. The van der Waals surface area contributed by atoms with E-state index in [1.807, 2.05) is 13.2 Å². The number of nitrogens with two attached hydrogens (primary N) is 1. The van der Waals surface area contributed by atoms with Gasteiger partial charge in [-0.3, -0.25) is 4.79 Å². The van der Waals surface area contributed by atoms with Gasteiger partial charge in [-0.1, -0.05) is 6.92 Å². The highest BCUT2D eigenvalue weighted by molar-refractivity contribution is 7.99. The van der Waals surface area contributed by atoms with E-state index in [0.29, 0.717) is 17.4 Å². The molecule has 1 amide bonds. The molecule has 1 aromatic carbocycles. The Morgan fingerprint density at radius 2 is 2.31 bits per heavy atom. The van der Waals surface area contributed by atoms with Gasteiger partial charge in [-0.05, 0) is 24.5 Å². The zero-order chi connectivity index (χ0) is 12.1. The summed E-state index contributed by atoms with van der Waals surface area (Å²) in [6, 6.07) is 3.96. The zero-order valence-electron chi connectivity index (χ0n) is 9.29. The summed E-state index contributed by atoms with van der Waals surface area (Å²) in [5, 5.41) is 3.11. The van der Waals surface area contributed by atoms with E-state index in [1.165, 1.54) is 18.2 Å². The summed E-state index contributed by atoms with van der Waals surface area (Å²) in [6.45, 7) is 2.60. The minimum atomic E-state index is -0.506. The van der Waals surface area contributed by atoms with Crippen molar-refractivity contribution in [3.8, 4) is 0 Å². The third kappa shape index (κ3) is 3.41. The average molecular weight is 242 g/mol. The molecule has 3 nitrogen and oxygen atoms in total. The Balaban J connectivity index is 2.63. The van der Waals surface area contributed by atoms with Crippen molar-refractivity contribution in [2.24, 2.45) is 0 Å². The predicted octanol–water partition coefficient (Wildman–Crippen LogP) is 1.89. The maximum absolute atomic E-state index is 12.9. The van der Waals surface area contributed by atoms with E-state index in [-0.39, 0.29) is 11.6 Å². The molecule has 0 bridgehead atoms. The lowest BCUT2D eigenvalue weighted by Gasteiger charge is -2.10. The Morgan fingerprint density at radius 1 is 1.62 bits per heavy atom. The van der Waals surface area contributed by atoms with E-state index in [0.717, 1.165) is 0 Å². The van der Waals surface area contributed by atoms with Crippen molar-refractivity contribution in [1.29, 1.82) is 0 Å². The van der Waals surface area contributed by atoms with Crippen LogP contribution < -0.4 is 11.1 Å². The summed E-state index contributed by atoms with van der Waals surface area (Å²) in [6.07, 6.45) is 1.98. The minimum absolute atomic E-state index is 0.00874. The van der Waals surface area contributed by atoms with Crippen LogP contribution in [0.2, 0.25) is 0 Å². The molecule has 0 fully saturated rings. The van der Waals surface area contributed by atoms with E-state index < -0.39 is 5.82 Å². The molecule has 0 saturated heterocycles. The second-order valence-corrected chi connectivity index (χ2v) is 4.77. The first kappa shape index (κ1) is 12.8. The second kappa shape index (κ2) is 5.75. The van der Waals surface area contributed by atoms with Gasteiger partial charge in [0.2, 0.25) is 0 Å². The number of halogens is 1. The van der Waals surface area contributed by atoms with E-state index in [1.54, 1.807) is 11.8 Å². The zero-order valence-corrected chi connectivity index (χ0v) is 10.1. The summed E-state index contributed by atoms with van der Waals surface area (Å²) in [7, 11) is 0. The molecule has 1 unspecified atom stereocenters. The molecule has 0 aliphatic rings. The van der Waals surface area contributed by atoms with Gasteiger partial charge in [0, 0.05) is 17.4 Å². The molecule has 1 aromatic rings. The molecule has 0 saturated carbocycles. The molecule has 1 rings (SSSR count). The first-order valence-electron chi connectivity index (χ1n) is 4.90. The van der Waals surface area contributed by atoms with Crippen LogP contribution >= 0.6 is 11.8 Å². The van der Waals surface area contributed by atoms with Crippen LogP contribution in [0, 0.1) is 5.82 Å². The van der Waals surface area contributed by atoms with Gasteiger partial charge >= 0.3 is 0 Å². The summed E-state index contributed by atoms with van der Waals surface area (Å²) in [4.78, 5) is 11.6.